The van der Waals surface area contributed by atoms with Crippen LogP contribution in [0.25, 0.3) is 22.6 Å². The minimum absolute atomic E-state index is 0.197. The van der Waals surface area contributed by atoms with Gasteiger partial charge in [-0.05, 0) is 35.7 Å². The smallest absolute Gasteiger partial charge is 0.173 e. The second-order valence-electron chi connectivity index (χ2n) is 5.78. The van der Waals surface area contributed by atoms with Crippen LogP contribution in [0.2, 0.25) is 0 Å². The van der Waals surface area contributed by atoms with Crippen LogP contribution in [0.4, 0.5) is 4.39 Å². The quantitative estimate of drug-likeness (QED) is 0.755. The van der Waals surface area contributed by atoms with Crippen LogP contribution in [0.3, 0.4) is 0 Å². The van der Waals surface area contributed by atoms with Crippen molar-refractivity contribution in [1.82, 2.24) is 5.16 Å². The van der Waals surface area contributed by atoms with Gasteiger partial charge in [0.2, 0.25) is 0 Å². The van der Waals surface area contributed by atoms with Crippen molar-refractivity contribution in [2.45, 2.75) is 26.4 Å². The van der Waals surface area contributed by atoms with Crippen LogP contribution >= 0.6 is 0 Å². The molecule has 1 aromatic heterocycles. The zero-order valence-corrected chi connectivity index (χ0v) is 13.1. The highest BCUT2D eigenvalue weighted by Gasteiger charge is 2.18. The molecular formula is C19H18FNO2. The second kappa shape index (κ2) is 6.34. The Morgan fingerprint density at radius 2 is 1.61 bits per heavy atom. The Bertz CT molecular complexity index is 789. The minimum Gasteiger partial charge on any atom is -0.391 e. The first kappa shape index (κ1) is 15.4. The van der Waals surface area contributed by atoms with E-state index in [4.69, 9.17) is 4.52 Å². The third kappa shape index (κ3) is 3.03. The number of rotatable bonds is 4. The third-order valence-electron chi connectivity index (χ3n) is 3.90. The fraction of sp³-hybridized carbons (Fsp3) is 0.211. The first-order valence-corrected chi connectivity index (χ1v) is 7.56. The van der Waals surface area contributed by atoms with Gasteiger partial charge in [0, 0.05) is 11.1 Å². The molecule has 0 aliphatic heterocycles. The lowest BCUT2D eigenvalue weighted by Gasteiger charge is -2.06. The summed E-state index contributed by atoms with van der Waals surface area (Å²) in [6, 6.07) is 14.0. The summed E-state index contributed by atoms with van der Waals surface area (Å²) in [5.74, 6) is 0.681. The van der Waals surface area contributed by atoms with Gasteiger partial charge < -0.3 is 9.63 Å². The lowest BCUT2D eigenvalue weighted by atomic mass is 9.99. The average molecular weight is 311 g/mol. The molecule has 23 heavy (non-hydrogen) atoms. The molecule has 0 saturated heterocycles. The lowest BCUT2D eigenvalue weighted by Crippen LogP contribution is -1.90. The van der Waals surface area contributed by atoms with Gasteiger partial charge in [-0.1, -0.05) is 43.3 Å². The molecule has 0 aliphatic rings. The molecule has 2 aromatic carbocycles. The Kier molecular flexibility index (Phi) is 4.26. The molecule has 3 rings (SSSR count). The zero-order valence-electron chi connectivity index (χ0n) is 13.1. The van der Waals surface area contributed by atoms with Gasteiger partial charge in [-0.3, -0.25) is 0 Å². The summed E-state index contributed by atoms with van der Waals surface area (Å²) in [6.45, 7) is 4.07. The van der Waals surface area contributed by atoms with Gasteiger partial charge in [-0.15, -0.1) is 0 Å². The molecule has 0 unspecified atom stereocenters. The second-order valence-corrected chi connectivity index (χ2v) is 5.78. The Hall–Kier alpha value is -2.46. The molecular weight excluding hydrogens is 293 g/mol. The van der Waals surface area contributed by atoms with E-state index in [1.807, 2.05) is 24.3 Å². The average Bonchev–Trinajstić information content (AvgIpc) is 2.99. The van der Waals surface area contributed by atoms with Gasteiger partial charge in [-0.25, -0.2) is 4.39 Å². The molecule has 0 fully saturated rings. The number of nitrogens with zero attached hydrogens (tertiary/aromatic N) is 1. The van der Waals surface area contributed by atoms with Crippen molar-refractivity contribution < 1.29 is 14.0 Å². The van der Waals surface area contributed by atoms with Crippen LogP contribution in [-0.4, -0.2) is 10.3 Å². The summed E-state index contributed by atoms with van der Waals surface area (Å²) in [5.41, 5.74) is 3.95. The Balaban J connectivity index is 2.02. The van der Waals surface area contributed by atoms with Gasteiger partial charge in [0.25, 0.3) is 0 Å². The van der Waals surface area contributed by atoms with Crippen molar-refractivity contribution in [2.24, 2.45) is 0 Å². The highest BCUT2D eigenvalue weighted by molar-refractivity contribution is 5.72. The number of aliphatic hydroxyl groups is 1. The Morgan fingerprint density at radius 1 is 1.00 bits per heavy atom. The van der Waals surface area contributed by atoms with Crippen LogP contribution < -0.4 is 0 Å². The largest absolute Gasteiger partial charge is 0.391 e. The number of aliphatic hydroxyl groups excluding tert-OH is 1. The number of hydrogen-bond donors (Lipinski definition) is 1. The Labute approximate surface area is 134 Å². The van der Waals surface area contributed by atoms with Crippen LogP contribution in [0.15, 0.2) is 53.1 Å². The molecule has 1 heterocycles. The van der Waals surface area contributed by atoms with Gasteiger partial charge >= 0.3 is 0 Å². The van der Waals surface area contributed by atoms with Crippen molar-refractivity contribution >= 4 is 0 Å². The summed E-state index contributed by atoms with van der Waals surface area (Å²) in [6.07, 6.45) is 0. The standard InChI is InChI=1S/C19H18FNO2/c1-12(2)13-3-5-15(6-4-13)19-17(11-22)18(21-23-19)14-7-9-16(20)10-8-14/h3-10,12,22H,11H2,1-2H3. The first-order chi connectivity index (χ1) is 11.1. The van der Waals surface area contributed by atoms with Crippen molar-refractivity contribution in [3.8, 4) is 22.6 Å². The number of hydrogen-bond acceptors (Lipinski definition) is 3. The van der Waals surface area contributed by atoms with Gasteiger partial charge in [-0.2, -0.15) is 0 Å². The number of aromatic nitrogens is 1. The predicted octanol–water partition coefficient (Wildman–Crippen LogP) is 4.76. The summed E-state index contributed by atoms with van der Waals surface area (Å²) in [5, 5.41) is 13.8. The van der Waals surface area contributed by atoms with E-state index in [0.717, 1.165) is 5.56 Å². The van der Waals surface area contributed by atoms with Crippen LogP contribution in [0.1, 0.15) is 30.9 Å². The van der Waals surface area contributed by atoms with E-state index in [9.17, 15) is 9.50 Å². The fourth-order valence-corrected chi connectivity index (χ4v) is 2.54. The van der Waals surface area contributed by atoms with Crippen molar-refractivity contribution in [1.29, 1.82) is 0 Å². The molecule has 118 valence electrons. The van der Waals surface area contributed by atoms with E-state index in [1.165, 1.54) is 17.7 Å². The SMILES string of the molecule is CC(C)c1ccc(-c2onc(-c3ccc(F)cc3)c2CO)cc1. The van der Waals surface area contributed by atoms with Crippen molar-refractivity contribution in [3.63, 3.8) is 0 Å². The molecule has 0 amide bonds. The van der Waals surface area contributed by atoms with Gasteiger partial charge in [0.15, 0.2) is 5.76 Å². The highest BCUT2D eigenvalue weighted by atomic mass is 19.1. The maximum Gasteiger partial charge on any atom is 0.173 e. The van der Waals surface area contributed by atoms with Crippen LogP contribution in [-0.2, 0) is 6.61 Å². The Morgan fingerprint density at radius 3 is 2.17 bits per heavy atom. The number of halogens is 1. The summed E-state index contributed by atoms with van der Waals surface area (Å²) in [4.78, 5) is 0. The van der Waals surface area contributed by atoms with Crippen LogP contribution in [0, 0.1) is 5.82 Å². The summed E-state index contributed by atoms with van der Waals surface area (Å²) >= 11 is 0. The van der Waals surface area contributed by atoms with Gasteiger partial charge in [0.05, 0.1) is 12.2 Å². The molecule has 0 saturated carbocycles. The van der Waals surface area contributed by atoms with E-state index < -0.39 is 0 Å². The molecule has 0 bridgehead atoms. The maximum absolute atomic E-state index is 13.1. The third-order valence-corrected chi connectivity index (χ3v) is 3.90. The summed E-state index contributed by atoms with van der Waals surface area (Å²) < 4.78 is 18.5. The zero-order chi connectivity index (χ0) is 16.4. The fourth-order valence-electron chi connectivity index (χ4n) is 2.54. The topological polar surface area (TPSA) is 46.3 Å². The van der Waals surface area contributed by atoms with Crippen LogP contribution in [0.5, 0.6) is 0 Å². The molecule has 0 aliphatic carbocycles. The molecule has 0 atom stereocenters. The van der Waals surface area contributed by atoms with E-state index in [-0.39, 0.29) is 12.4 Å². The predicted molar refractivity (Wildman–Crippen MR) is 87.3 cm³/mol. The van der Waals surface area contributed by atoms with Gasteiger partial charge in [0.1, 0.15) is 11.5 Å². The minimum atomic E-state index is -0.313. The molecule has 4 heteroatoms. The first-order valence-electron chi connectivity index (χ1n) is 7.56. The summed E-state index contributed by atoms with van der Waals surface area (Å²) in [7, 11) is 0. The van der Waals surface area contributed by atoms with Crippen molar-refractivity contribution in [3.05, 3.63) is 65.5 Å². The molecule has 3 nitrogen and oxygen atoms in total. The molecule has 1 N–H and O–H groups in total. The van der Waals surface area contributed by atoms with Crippen molar-refractivity contribution in [2.75, 3.05) is 0 Å². The molecule has 0 spiro atoms. The highest BCUT2D eigenvalue weighted by Crippen LogP contribution is 2.33. The lowest BCUT2D eigenvalue weighted by molar-refractivity contribution is 0.281. The normalized spacial score (nSPS) is 11.2. The maximum atomic E-state index is 13.1. The van der Waals surface area contributed by atoms with E-state index in [0.29, 0.717) is 28.5 Å². The molecule has 3 aromatic rings. The van der Waals surface area contributed by atoms with E-state index in [2.05, 4.69) is 19.0 Å². The van der Waals surface area contributed by atoms with E-state index in [1.54, 1.807) is 12.1 Å². The number of benzene rings is 2. The van der Waals surface area contributed by atoms with E-state index >= 15 is 0 Å². The monoisotopic (exact) mass is 311 g/mol. The molecule has 0 radical (unpaired) electrons.